The first kappa shape index (κ1) is 13.8. The van der Waals surface area contributed by atoms with Crippen molar-refractivity contribution in [2.75, 3.05) is 39.3 Å². The van der Waals surface area contributed by atoms with Crippen molar-refractivity contribution < 1.29 is 4.79 Å². The monoisotopic (exact) mass is 253 g/mol. The lowest BCUT2D eigenvalue weighted by Gasteiger charge is -2.38. The number of piperidine rings is 1. The first-order valence-corrected chi connectivity index (χ1v) is 7.47. The fourth-order valence-electron chi connectivity index (χ4n) is 3.08. The molecule has 2 fully saturated rings. The summed E-state index contributed by atoms with van der Waals surface area (Å²) >= 11 is 0. The quantitative estimate of drug-likeness (QED) is 0.813. The van der Waals surface area contributed by atoms with Crippen LogP contribution in [0.15, 0.2) is 0 Å². The van der Waals surface area contributed by atoms with Crippen LogP contribution in [0.1, 0.15) is 33.1 Å². The number of piperazine rings is 1. The Labute approximate surface area is 111 Å². The normalized spacial score (nSPS) is 30.4. The molecule has 0 aromatic rings. The number of rotatable bonds is 3. The summed E-state index contributed by atoms with van der Waals surface area (Å²) in [5.74, 6) is 0.818. The van der Waals surface area contributed by atoms with Gasteiger partial charge >= 0.3 is 0 Å². The van der Waals surface area contributed by atoms with Gasteiger partial charge in [0.05, 0.1) is 6.04 Å². The van der Waals surface area contributed by atoms with E-state index in [9.17, 15) is 4.79 Å². The molecular formula is C14H27N3O. The molecule has 2 rings (SSSR count). The fourth-order valence-corrected chi connectivity index (χ4v) is 3.08. The molecule has 4 heteroatoms. The second-order valence-corrected chi connectivity index (χ2v) is 5.72. The van der Waals surface area contributed by atoms with Gasteiger partial charge in [0.15, 0.2) is 0 Å². The highest BCUT2D eigenvalue weighted by atomic mass is 16.2. The zero-order valence-electron chi connectivity index (χ0n) is 11.8. The topological polar surface area (TPSA) is 35.6 Å². The van der Waals surface area contributed by atoms with E-state index in [0.717, 1.165) is 32.7 Å². The Bertz CT molecular complexity index is 274. The number of hydrogen-bond donors (Lipinski definition) is 1. The zero-order valence-corrected chi connectivity index (χ0v) is 11.8. The Morgan fingerprint density at radius 3 is 2.61 bits per heavy atom. The van der Waals surface area contributed by atoms with Crippen LogP contribution in [0.5, 0.6) is 0 Å². The lowest BCUT2D eigenvalue weighted by atomic mass is 9.91. The summed E-state index contributed by atoms with van der Waals surface area (Å²) in [7, 11) is 0. The van der Waals surface area contributed by atoms with Gasteiger partial charge in [0, 0.05) is 26.2 Å². The molecule has 2 heterocycles. The Morgan fingerprint density at radius 1 is 1.28 bits per heavy atom. The molecule has 1 amide bonds. The fraction of sp³-hybridized carbons (Fsp3) is 0.929. The molecule has 2 aliphatic heterocycles. The lowest BCUT2D eigenvalue weighted by Crippen LogP contribution is -2.57. The SMILES string of the molecule is CCCN1CCN(C(=O)C2NCCCC2C)CC1. The second-order valence-electron chi connectivity index (χ2n) is 5.72. The molecule has 0 spiro atoms. The van der Waals surface area contributed by atoms with Crippen LogP contribution in [-0.4, -0.2) is 61.0 Å². The number of carbonyl (C=O) groups is 1. The molecule has 2 unspecified atom stereocenters. The van der Waals surface area contributed by atoms with Gasteiger partial charge in [-0.05, 0) is 38.3 Å². The van der Waals surface area contributed by atoms with Gasteiger partial charge in [0.25, 0.3) is 0 Å². The van der Waals surface area contributed by atoms with E-state index >= 15 is 0 Å². The number of amides is 1. The van der Waals surface area contributed by atoms with Crippen molar-refractivity contribution in [1.29, 1.82) is 0 Å². The molecular weight excluding hydrogens is 226 g/mol. The van der Waals surface area contributed by atoms with E-state index in [1.54, 1.807) is 0 Å². The highest BCUT2D eigenvalue weighted by molar-refractivity contribution is 5.82. The molecule has 1 N–H and O–H groups in total. The molecule has 0 aromatic carbocycles. The van der Waals surface area contributed by atoms with Crippen molar-refractivity contribution in [2.24, 2.45) is 5.92 Å². The highest BCUT2D eigenvalue weighted by Gasteiger charge is 2.32. The average Bonchev–Trinajstić information content (AvgIpc) is 2.40. The maximum Gasteiger partial charge on any atom is 0.240 e. The Balaban J connectivity index is 1.83. The van der Waals surface area contributed by atoms with E-state index in [-0.39, 0.29) is 6.04 Å². The van der Waals surface area contributed by atoms with Gasteiger partial charge < -0.3 is 10.2 Å². The summed E-state index contributed by atoms with van der Waals surface area (Å²) in [6.45, 7) is 10.5. The Kier molecular flexibility index (Phi) is 5.01. The van der Waals surface area contributed by atoms with Crippen molar-refractivity contribution in [2.45, 2.75) is 39.2 Å². The first-order chi connectivity index (χ1) is 8.72. The summed E-state index contributed by atoms with van der Waals surface area (Å²) in [6.07, 6.45) is 3.59. The molecule has 0 bridgehead atoms. The second kappa shape index (κ2) is 6.53. The largest absolute Gasteiger partial charge is 0.339 e. The molecule has 0 radical (unpaired) electrons. The first-order valence-electron chi connectivity index (χ1n) is 7.47. The summed E-state index contributed by atoms with van der Waals surface area (Å²) in [4.78, 5) is 17.0. The standard InChI is InChI=1S/C14H27N3O/c1-3-7-16-8-10-17(11-9-16)14(18)13-12(2)5-4-6-15-13/h12-13,15H,3-11H2,1-2H3. The summed E-state index contributed by atoms with van der Waals surface area (Å²) in [5, 5.41) is 3.40. The van der Waals surface area contributed by atoms with Gasteiger partial charge in [0.2, 0.25) is 5.91 Å². The number of carbonyl (C=O) groups excluding carboxylic acids is 1. The summed E-state index contributed by atoms with van der Waals surface area (Å²) < 4.78 is 0. The average molecular weight is 253 g/mol. The molecule has 2 atom stereocenters. The van der Waals surface area contributed by atoms with Crippen molar-refractivity contribution >= 4 is 5.91 Å². The van der Waals surface area contributed by atoms with Crippen LogP contribution in [0.4, 0.5) is 0 Å². The molecule has 2 aliphatic rings. The minimum atomic E-state index is 0.0662. The molecule has 0 saturated carbocycles. The van der Waals surface area contributed by atoms with E-state index in [2.05, 4.69) is 29.0 Å². The minimum absolute atomic E-state index is 0.0662. The molecule has 0 aliphatic carbocycles. The molecule has 104 valence electrons. The third-order valence-electron chi connectivity index (χ3n) is 4.26. The molecule has 2 saturated heterocycles. The third-order valence-corrected chi connectivity index (χ3v) is 4.26. The van der Waals surface area contributed by atoms with E-state index in [1.165, 1.54) is 25.8 Å². The van der Waals surface area contributed by atoms with E-state index in [0.29, 0.717) is 11.8 Å². The van der Waals surface area contributed by atoms with Crippen LogP contribution in [0.3, 0.4) is 0 Å². The van der Waals surface area contributed by atoms with Crippen LogP contribution in [0.2, 0.25) is 0 Å². The van der Waals surface area contributed by atoms with Crippen molar-refractivity contribution in [3.05, 3.63) is 0 Å². The molecule has 0 aromatic heterocycles. The zero-order chi connectivity index (χ0) is 13.0. The van der Waals surface area contributed by atoms with Crippen LogP contribution in [0.25, 0.3) is 0 Å². The van der Waals surface area contributed by atoms with Crippen molar-refractivity contribution in [3.8, 4) is 0 Å². The van der Waals surface area contributed by atoms with Gasteiger partial charge in [-0.15, -0.1) is 0 Å². The van der Waals surface area contributed by atoms with Gasteiger partial charge in [-0.3, -0.25) is 9.69 Å². The van der Waals surface area contributed by atoms with Gasteiger partial charge in [-0.25, -0.2) is 0 Å². The highest BCUT2D eigenvalue weighted by Crippen LogP contribution is 2.18. The Hall–Kier alpha value is -0.610. The van der Waals surface area contributed by atoms with E-state index < -0.39 is 0 Å². The predicted molar refractivity (Wildman–Crippen MR) is 73.5 cm³/mol. The van der Waals surface area contributed by atoms with Gasteiger partial charge in [0.1, 0.15) is 0 Å². The number of nitrogens with zero attached hydrogens (tertiary/aromatic N) is 2. The van der Waals surface area contributed by atoms with Crippen LogP contribution >= 0.6 is 0 Å². The maximum absolute atomic E-state index is 12.5. The lowest BCUT2D eigenvalue weighted by molar-refractivity contribution is -0.137. The van der Waals surface area contributed by atoms with Crippen LogP contribution in [0, 0.1) is 5.92 Å². The Morgan fingerprint density at radius 2 is 2.00 bits per heavy atom. The summed E-state index contributed by atoms with van der Waals surface area (Å²) in [5.41, 5.74) is 0. The van der Waals surface area contributed by atoms with Gasteiger partial charge in [-0.1, -0.05) is 13.8 Å². The third kappa shape index (κ3) is 3.23. The van der Waals surface area contributed by atoms with Crippen LogP contribution in [-0.2, 0) is 4.79 Å². The minimum Gasteiger partial charge on any atom is -0.339 e. The predicted octanol–water partition coefficient (Wildman–Crippen LogP) is 0.929. The summed E-state index contributed by atoms with van der Waals surface area (Å²) in [6, 6.07) is 0.0662. The number of hydrogen-bond acceptors (Lipinski definition) is 3. The van der Waals surface area contributed by atoms with Crippen molar-refractivity contribution in [3.63, 3.8) is 0 Å². The van der Waals surface area contributed by atoms with Gasteiger partial charge in [-0.2, -0.15) is 0 Å². The number of nitrogens with one attached hydrogen (secondary N) is 1. The maximum atomic E-state index is 12.5. The van der Waals surface area contributed by atoms with E-state index in [1.807, 2.05) is 0 Å². The van der Waals surface area contributed by atoms with Crippen molar-refractivity contribution in [1.82, 2.24) is 15.1 Å². The molecule has 4 nitrogen and oxygen atoms in total. The smallest absolute Gasteiger partial charge is 0.240 e. The molecule has 18 heavy (non-hydrogen) atoms. The van der Waals surface area contributed by atoms with Crippen LogP contribution < -0.4 is 5.32 Å². The van der Waals surface area contributed by atoms with E-state index in [4.69, 9.17) is 0 Å².